The van der Waals surface area contributed by atoms with Gasteiger partial charge in [-0.2, -0.15) is 0 Å². The molecule has 0 fully saturated rings. The largest absolute Gasteiger partial charge is 0.472 e. The fourth-order valence-electron chi connectivity index (χ4n) is 10.6. The summed E-state index contributed by atoms with van der Waals surface area (Å²) < 4.78 is 68.7. The number of esters is 4. The average Bonchev–Trinajstić information content (AvgIpc) is 0.901. The molecule has 0 aromatic rings. The molecule has 0 amide bonds. The van der Waals surface area contributed by atoms with Crippen molar-refractivity contribution in [2.24, 2.45) is 0 Å². The van der Waals surface area contributed by atoms with Crippen LogP contribution in [0.1, 0.15) is 323 Å². The van der Waals surface area contributed by atoms with Crippen molar-refractivity contribution in [3.63, 3.8) is 0 Å². The third kappa shape index (κ3) is 77.1. The second-order valence-corrected chi connectivity index (χ2v) is 29.8. The van der Waals surface area contributed by atoms with Crippen LogP contribution in [0.2, 0.25) is 0 Å². The number of aliphatic hydroxyl groups excluding tert-OH is 1. The second-order valence-electron chi connectivity index (χ2n) is 26.9. The normalized spacial score (nSPS) is 14.6. The fourth-order valence-corrected chi connectivity index (χ4v) is 12.2. The highest BCUT2D eigenvalue weighted by Gasteiger charge is 2.30. The Morgan fingerprint density at radius 3 is 0.764 bits per heavy atom. The summed E-state index contributed by atoms with van der Waals surface area (Å²) in [4.78, 5) is 73.2. The molecule has 0 saturated heterocycles. The van der Waals surface area contributed by atoms with E-state index in [1.807, 2.05) is 0 Å². The number of ether oxygens (including phenoxy) is 4. The van der Waals surface area contributed by atoms with E-state index in [0.717, 1.165) is 205 Å². The van der Waals surface area contributed by atoms with Crippen LogP contribution in [0, 0.1) is 0 Å². The zero-order chi connectivity index (χ0) is 77.4. The van der Waals surface area contributed by atoms with Gasteiger partial charge in [-0.05, 0) is 161 Å². The van der Waals surface area contributed by atoms with Gasteiger partial charge in [0.2, 0.25) is 0 Å². The number of hydrogen-bond donors (Lipinski definition) is 3. The van der Waals surface area contributed by atoms with E-state index in [0.29, 0.717) is 25.7 Å². The maximum Gasteiger partial charge on any atom is 0.472 e. The van der Waals surface area contributed by atoms with E-state index in [2.05, 4.69) is 174 Å². The van der Waals surface area contributed by atoms with E-state index >= 15 is 0 Å². The molecule has 0 aromatic carbocycles. The average molecular weight is 1530 g/mol. The molecule has 0 rings (SSSR count). The summed E-state index contributed by atoms with van der Waals surface area (Å²) in [5.74, 6) is -2.25. The molecule has 3 N–H and O–H groups in total. The van der Waals surface area contributed by atoms with Crippen LogP contribution < -0.4 is 0 Å². The Hall–Kier alpha value is -5.06. The molecule has 0 saturated carbocycles. The van der Waals surface area contributed by atoms with E-state index < -0.39 is 97.5 Å². The van der Waals surface area contributed by atoms with Crippen LogP contribution >= 0.6 is 15.6 Å². The highest BCUT2D eigenvalue weighted by Crippen LogP contribution is 2.45. The molecule has 5 atom stereocenters. The Labute approximate surface area is 643 Å². The van der Waals surface area contributed by atoms with Gasteiger partial charge >= 0.3 is 39.5 Å². The maximum atomic E-state index is 13.1. The van der Waals surface area contributed by atoms with Gasteiger partial charge in [0, 0.05) is 25.7 Å². The molecule has 0 bridgehead atoms. The molecule has 0 aromatic heterocycles. The van der Waals surface area contributed by atoms with Crippen LogP contribution in [-0.2, 0) is 65.4 Å². The molecular formula is C87H146O17P2. The molecule has 17 nitrogen and oxygen atoms in total. The molecule has 0 radical (unpaired) electrons. The van der Waals surface area contributed by atoms with E-state index in [1.165, 1.54) is 38.5 Å². The molecule has 5 unspecified atom stereocenters. The van der Waals surface area contributed by atoms with Crippen LogP contribution in [0.5, 0.6) is 0 Å². The van der Waals surface area contributed by atoms with Crippen molar-refractivity contribution in [3.8, 4) is 0 Å². The van der Waals surface area contributed by atoms with Gasteiger partial charge in [0.05, 0.1) is 26.4 Å². The van der Waals surface area contributed by atoms with E-state index in [-0.39, 0.29) is 25.7 Å². The number of carbonyl (C=O) groups excluding carboxylic acids is 4. The van der Waals surface area contributed by atoms with Gasteiger partial charge in [0.15, 0.2) is 12.2 Å². The SMILES string of the molecule is CC/C=C\C/C=C\C/C=C\C/C=C\CCCCCCC(=O)OCC(COP(=O)(O)OCC(O)COP(=O)(O)OCC(COC(=O)CCCCCC/C=C\C/C=C\C/C=C\C/C=C\CC)OC(=O)CCCCCCCCC/C=C\C/C=C\C/C=C\CC)OC(=O)CCCCCCC/C=C\CCCCCCCC. The van der Waals surface area contributed by atoms with Gasteiger partial charge < -0.3 is 33.8 Å². The number of unbranched alkanes of at least 4 members (excludes halogenated alkanes) is 26. The van der Waals surface area contributed by atoms with Crippen molar-refractivity contribution in [3.05, 3.63) is 146 Å². The molecule has 606 valence electrons. The first-order valence-electron chi connectivity index (χ1n) is 41.1. The summed E-state index contributed by atoms with van der Waals surface area (Å²) >= 11 is 0. The Kier molecular flexibility index (Phi) is 74.3. The van der Waals surface area contributed by atoms with Gasteiger partial charge in [0.25, 0.3) is 0 Å². The number of phosphoric ester groups is 2. The number of hydrogen-bond acceptors (Lipinski definition) is 15. The highest BCUT2D eigenvalue weighted by molar-refractivity contribution is 7.47. The summed E-state index contributed by atoms with van der Waals surface area (Å²) in [5.41, 5.74) is 0. The zero-order valence-electron chi connectivity index (χ0n) is 66.3. The quantitative estimate of drug-likeness (QED) is 0.0169. The lowest BCUT2D eigenvalue weighted by Gasteiger charge is -2.21. The van der Waals surface area contributed by atoms with Gasteiger partial charge in [-0.3, -0.25) is 37.3 Å². The van der Waals surface area contributed by atoms with E-state index in [4.69, 9.17) is 37.0 Å². The predicted molar refractivity (Wildman–Crippen MR) is 436 cm³/mol. The van der Waals surface area contributed by atoms with Crippen molar-refractivity contribution in [1.29, 1.82) is 0 Å². The molecule has 0 aliphatic carbocycles. The minimum absolute atomic E-state index is 0.0735. The van der Waals surface area contributed by atoms with Crippen LogP contribution in [0.4, 0.5) is 0 Å². The molecular weight excluding hydrogens is 1380 g/mol. The van der Waals surface area contributed by atoms with Crippen LogP contribution in [0.15, 0.2) is 146 Å². The second kappa shape index (κ2) is 78.1. The minimum atomic E-state index is -4.99. The predicted octanol–water partition coefficient (Wildman–Crippen LogP) is 24.2. The van der Waals surface area contributed by atoms with Gasteiger partial charge in [-0.1, -0.05) is 283 Å². The fraction of sp³-hybridized carbons (Fsp3) is 0.678. The van der Waals surface area contributed by atoms with Crippen molar-refractivity contribution >= 4 is 39.5 Å². The van der Waals surface area contributed by atoms with Gasteiger partial charge in [-0.25, -0.2) is 9.13 Å². The Morgan fingerprint density at radius 1 is 0.274 bits per heavy atom. The zero-order valence-corrected chi connectivity index (χ0v) is 68.1. The molecule has 0 heterocycles. The summed E-state index contributed by atoms with van der Waals surface area (Å²) in [5, 5.41) is 10.7. The van der Waals surface area contributed by atoms with E-state index in [9.17, 15) is 43.2 Å². The van der Waals surface area contributed by atoms with Gasteiger partial charge in [-0.15, -0.1) is 0 Å². The Morgan fingerprint density at radius 2 is 0.491 bits per heavy atom. The van der Waals surface area contributed by atoms with Crippen LogP contribution in [0.25, 0.3) is 0 Å². The van der Waals surface area contributed by atoms with Crippen molar-refractivity contribution in [1.82, 2.24) is 0 Å². The number of allylic oxidation sites excluding steroid dienone is 24. The number of rotatable bonds is 76. The Balaban J connectivity index is 5.43. The highest BCUT2D eigenvalue weighted by atomic mass is 31.2. The summed E-state index contributed by atoms with van der Waals surface area (Å²) in [6.07, 6.45) is 89.5. The lowest BCUT2D eigenvalue weighted by Crippen LogP contribution is -2.30. The molecule has 19 heteroatoms. The molecule has 106 heavy (non-hydrogen) atoms. The van der Waals surface area contributed by atoms with Crippen LogP contribution in [0.3, 0.4) is 0 Å². The third-order valence-corrected chi connectivity index (χ3v) is 18.7. The minimum Gasteiger partial charge on any atom is -0.462 e. The number of carbonyl (C=O) groups is 4. The monoisotopic (exact) mass is 1530 g/mol. The lowest BCUT2D eigenvalue weighted by molar-refractivity contribution is -0.161. The molecule has 0 aliphatic heterocycles. The van der Waals surface area contributed by atoms with Crippen molar-refractivity contribution < 1.29 is 80.2 Å². The van der Waals surface area contributed by atoms with Crippen LogP contribution in [-0.4, -0.2) is 96.7 Å². The first-order valence-corrected chi connectivity index (χ1v) is 44.1. The Bertz CT molecular complexity index is 2580. The lowest BCUT2D eigenvalue weighted by atomic mass is 10.1. The summed E-state index contributed by atoms with van der Waals surface area (Å²) in [7, 11) is -9.99. The summed E-state index contributed by atoms with van der Waals surface area (Å²) in [6.45, 7) is 4.48. The summed E-state index contributed by atoms with van der Waals surface area (Å²) in [6, 6.07) is 0. The number of phosphoric acid groups is 2. The molecule has 0 aliphatic rings. The van der Waals surface area contributed by atoms with Crippen molar-refractivity contribution in [2.45, 2.75) is 341 Å². The smallest absolute Gasteiger partial charge is 0.462 e. The molecule has 0 spiro atoms. The first-order chi connectivity index (χ1) is 51.7. The van der Waals surface area contributed by atoms with Crippen molar-refractivity contribution in [2.75, 3.05) is 39.6 Å². The maximum absolute atomic E-state index is 13.1. The van der Waals surface area contributed by atoms with E-state index in [1.54, 1.807) is 0 Å². The standard InChI is InChI=1S/C87H146O17P2/c1-5-9-13-17-21-25-29-33-37-40-44-47-51-55-59-63-67-71-84(89)97-77-82(103-86(91)73-69-65-61-57-53-49-43-36-32-28-24-20-16-12-8-4)79-101-105(93,94)99-75-81(88)76-100-106(95,96)102-80-83(104-87(92)74-70-66-62-58-54-50-46-42-39-35-31-27-23-19-15-11-7-3)78-98-85(90)72-68-64-60-56-52-48-45-41-38-34-30-26-22-18-14-10-6-2/h9-11,13-15,21-23,25-27,33-39,43-45,47-48,81-83,88H,5-8,12,16-20,24,28-32,40-42,46,49-80H2,1-4H3,(H,93,94)(H,95,96)/b13-9-,14-10-,15-11-,25-21-,26-22-,27-23-,37-33-,38-34-,39-35-,43-36-,47-44-,48-45-. The number of aliphatic hydroxyl groups is 1. The van der Waals surface area contributed by atoms with Gasteiger partial charge in [0.1, 0.15) is 19.3 Å². The topological polar surface area (TPSA) is 237 Å². The third-order valence-electron chi connectivity index (χ3n) is 16.8. The first kappa shape index (κ1) is 101.